The summed E-state index contributed by atoms with van der Waals surface area (Å²) >= 11 is 0. The van der Waals surface area contributed by atoms with Crippen LogP contribution < -0.4 is 0 Å². The predicted octanol–water partition coefficient (Wildman–Crippen LogP) is 3.88. The van der Waals surface area contributed by atoms with Gasteiger partial charge in [-0.15, -0.1) is 0 Å². The lowest BCUT2D eigenvalue weighted by Crippen LogP contribution is -2.22. The Bertz CT molecular complexity index is 183. The summed E-state index contributed by atoms with van der Waals surface area (Å²) in [5.74, 6) is 0.406. The van der Waals surface area contributed by atoms with Gasteiger partial charge in [-0.1, -0.05) is 32.6 Å². The summed E-state index contributed by atoms with van der Waals surface area (Å²) < 4.78 is 5.57. The second-order valence-corrected chi connectivity index (χ2v) is 4.90. The largest absolute Gasteiger partial charge is 0.378 e. The number of carbonyl (C=O) groups is 1. The number of hydrogen-bond acceptors (Lipinski definition) is 2. The second kappa shape index (κ2) is 8.74. The van der Waals surface area contributed by atoms with Gasteiger partial charge in [-0.2, -0.15) is 0 Å². The van der Waals surface area contributed by atoms with E-state index in [2.05, 4.69) is 6.92 Å². The zero-order valence-corrected chi connectivity index (χ0v) is 10.7. The minimum Gasteiger partial charge on any atom is -0.378 e. The third-order valence-electron chi connectivity index (χ3n) is 3.29. The predicted molar refractivity (Wildman–Crippen MR) is 66.6 cm³/mol. The molecule has 0 saturated carbocycles. The third-order valence-corrected chi connectivity index (χ3v) is 3.29. The zero-order chi connectivity index (χ0) is 11.6. The second-order valence-electron chi connectivity index (χ2n) is 4.90. The molecule has 1 aliphatic rings. The first-order valence-electron chi connectivity index (χ1n) is 6.96. The molecule has 94 valence electrons. The SMILES string of the molecule is CCCCCCCC(=O)CC1CCCCO1. The fourth-order valence-electron chi connectivity index (χ4n) is 2.25. The molecule has 0 bridgehead atoms. The van der Waals surface area contributed by atoms with Gasteiger partial charge in [-0.05, 0) is 25.7 Å². The highest BCUT2D eigenvalue weighted by Gasteiger charge is 2.16. The summed E-state index contributed by atoms with van der Waals surface area (Å²) in [5, 5.41) is 0. The fourth-order valence-corrected chi connectivity index (χ4v) is 2.25. The maximum Gasteiger partial charge on any atom is 0.135 e. The molecule has 0 aromatic rings. The highest BCUT2D eigenvalue weighted by atomic mass is 16.5. The Morgan fingerprint density at radius 3 is 2.69 bits per heavy atom. The van der Waals surface area contributed by atoms with Crippen LogP contribution in [0.2, 0.25) is 0 Å². The molecule has 1 aliphatic heterocycles. The van der Waals surface area contributed by atoms with E-state index in [0.29, 0.717) is 12.2 Å². The first-order chi connectivity index (χ1) is 7.83. The lowest BCUT2D eigenvalue weighted by molar-refractivity contribution is -0.122. The monoisotopic (exact) mass is 226 g/mol. The molecule has 0 aromatic carbocycles. The standard InChI is InChI=1S/C14H26O2/c1-2-3-4-5-6-9-13(15)12-14-10-7-8-11-16-14/h14H,2-12H2,1H3. The van der Waals surface area contributed by atoms with Gasteiger partial charge in [0.15, 0.2) is 0 Å². The van der Waals surface area contributed by atoms with E-state index >= 15 is 0 Å². The van der Waals surface area contributed by atoms with Crippen molar-refractivity contribution in [1.29, 1.82) is 0 Å². The van der Waals surface area contributed by atoms with Gasteiger partial charge in [0.2, 0.25) is 0 Å². The topological polar surface area (TPSA) is 26.3 Å². The number of hydrogen-bond donors (Lipinski definition) is 0. The quantitative estimate of drug-likeness (QED) is 0.587. The van der Waals surface area contributed by atoms with E-state index in [1.807, 2.05) is 0 Å². The van der Waals surface area contributed by atoms with Crippen molar-refractivity contribution in [2.24, 2.45) is 0 Å². The van der Waals surface area contributed by atoms with E-state index in [4.69, 9.17) is 4.74 Å². The molecule has 0 spiro atoms. The minimum absolute atomic E-state index is 0.233. The molecule has 0 N–H and O–H groups in total. The van der Waals surface area contributed by atoms with E-state index in [0.717, 1.165) is 25.9 Å². The molecule has 1 unspecified atom stereocenters. The van der Waals surface area contributed by atoms with Gasteiger partial charge in [0, 0.05) is 19.4 Å². The highest BCUT2D eigenvalue weighted by Crippen LogP contribution is 2.17. The number of ketones is 1. The van der Waals surface area contributed by atoms with Crippen LogP contribution in [0.4, 0.5) is 0 Å². The van der Waals surface area contributed by atoms with Gasteiger partial charge in [-0.25, -0.2) is 0 Å². The Labute approximate surface area is 99.8 Å². The number of ether oxygens (including phenoxy) is 1. The van der Waals surface area contributed by atoms with E-state index in [-0.39, 0.29) is 6.10 Å². The molecule has 0 aliphatic carbocycles. The van der Waals surface area contributed by atoms with Crippen molar-refractivity contribution in [1.82, 2.24) is 0 Å². The van der Waals surface area contributed by atoms with Crippen LogP contribution in [0.5, 0.6) is 0 Å². The van der Waals surface area contributed by atoms with E-state index in [1.54, 1.807) is 0 Å². The van der Waals surface area contributed by atoms with Crippen molar-refractivity contribution in [2.45, 2.75) is 77.2 Å². The molecule has 16 heavy (non-hydrogen) atoms. The summed E-state index contributed by atoms with van der Waals surface area (Å²) in [6.45, 7) is 3.07. The fraction of sp³-hybridized carbons (Fsp3) is 0.929. The van der Waals surface area contributed by atoms with E-state index in [9.17, 15) is 4.79 Å². The van der Waals surface area contributed by atoms with Crippen LogP contribution in [0, 0.1) is 0 Å². The van der Waals surface area contributed by atoms with Crippen molar-refractivity contribution in [3.05, 3.63) is 0 Å². The summed E-state index contributed by atoms with van der Waals surface area (Å²) in [7, 11) is 0. The molecule has 0 radical (unpaired) electrons. The maximum absolute atomic E-state index is 11.7. The molecule has 0 aromatic heterocycles. The van der Waals surface area contributed by atoms with Crippen molar-refractivity contribution < 1.29 is 9.53 Å². The molecule has 2 heteroatoms. The third kappa shape index (κ3) is 6.26. The first kappa shape index (κ1) is 13.7. The van der Waals surface area contributed by atoms with Gasteiger partial charge in [0.1, 0.15) is 5.78 Å². The molecule has 1 saturated heterocycles. The smallest absolute Gasteiger partial charge is 0.135 e. The number of unbranched alkanes of at least 4 members (excludes halogenated alkanes) is 4. The molecule has 2 nitrogen and oxygen atoms in total. The van der Waals surface area contributed by atoms with Gasteiger partial charge in [0.05, 0.1) is 6.10 Å². The number of rotatable bonds is 8. The van der Waals surface area contributed by atoms with Crippen molar-refractivity contribution in [3.63, 3.8) is 0 Å². The van der Waals surface area contributed by atoms with Crippen LogP contribution >= 0.6 is 0 Å². The van der Waals surface area contributed by atoms with Gasteiger partial charge < -0.3 is 4.74 Å². The normalized spacial score (nSPS) is 20.9. The van der Waals surface area contributed by atoms with Crippen LogP contribution in [-0.4, -0.2) is 18.5 Å². The Morgan fingerprint density at radius 2 is 2.00 bits per heavy atom. The van der Waals surface area contributed by atoms with Crippen LogP contribution in [-0.2, 0) is 9.53 Å². The van der Waals surface area contributed by atoms with E-state index < -0.39 is 0 Å². The lowest BCUT2D eigenvalue weighted by atomic mass is 10.0. The van der Waals surface area contributed by atoms with Crippen molar-refractivity contribution in [2.75, 3.05) is 6.61 Å². The Balaban J connectivity index is 1.97. The number of Topliss-reactive ketones (excluding diaryl/α,β-unsaturated/α-hetero) is 1. The molecular formula is C14H26O2. The summed E-state index contributed by atoms with van der Waals surface area (Å²) in [6.07, 6.45) is 11.3. The maximum atomic E-state index is 11.7. The average molecular weight is 226 g/mol. The van der Waals surface area contributed by atoms with Crippen molar-refractivity contribution >= 4 is 5.78 Å². The summed E-state index contributed by atoms with van der Waals surface area (Å²) in [6, 6.07) is 0. The Morgan fingerprint density at radius 1 is 1.19 bits per heavy atom. The molecule has 1 heterocycles. The Hall–Kier alpha value is -0.370. The number of carbonyl (C=O) groups excluding carboxylic acids is 1. The first-order valence-corrected chi connectivity index (χ1v) is 6.96. The van der Waals surface area contributed by atoms with Gasteiger partial charge in [-0.3, -0.25) is 4.79 Å². The lowest BCUT2D eigenvalue weighted by Gasteiger charge is -2.21. The minimum atomic E-state index is 0.233. The van der Waals surface area contributed by atoms with Gasteiger partial charge >= 0.3 is 0 Å². The van der Waals surface area contributed by atoms with Crippen molar-refractivity contribution in [3.8, 4) is 0 Å². The summed E-state index contributed by atoms with van der Waals surface area (Å²) in [4.78, 5) is 11.7. The zero-order valence-electron chi connectivity index (χ0n) is 10.7. The summed E-state index contributed by atoms with van der Waals surface area (Å²) in [5.41, 5.74) is 0. The molecule has 0 amide bonds. The van der Waals surface area contributed by atoms with Crippen LogP contribution in [0.15, 0.2) is 0 Å². The molecule has 1 atom stereocenters. The highest BCUT2D eigenvalue weighted by molar-refractivity contribution is 5.78. The van der Waals surface area contributed by atoms with Crippen LogP contribution in [0.3, 0.4) is 0 Å². The molecular weight excluding hydrogens is 200 g/mol. The molecule has 1 fully saturated rings. The average Bonchev–Trinajstić information content (AvgIpc) is 2.30. The Kier molecular flexibility index (Phi) is 7.48. The molecule has 1 rings (SSSR count). The van der Waals surface area contributed by atoms with E-state index in [1.165, 1.54) is 38.5 Å². The van der Waals surface area contributed by atoms with Crippen LogP contribution in [0.1, 0.15) is 71.1 Å². The van der Waals surface area contributed by atoms with Crippen LogP contribution in [0.25, 0.3) is 0 Å². The van der Waals surface area contributed by atoms with Gasteiger partial charge in [0.25, 0.3) is 0 Å².